The molecule has 0 unspecified atom stereocenters. The van der Waals surface area contributed by atoms with Crippen LogP contribution in [0.5, 0.6) is 5.75 Å². The monoisotopic (exact) mass is 402 g/mol. The van der Waals surface area contributed by atoms with Crippen molar-refractivity contribution in [2.24, 2.45) is 0 Å². The molecule has 3 aromatic rings. The van der Waals surface area contributed by atoms with E-state index in [1.807, 2.05) is 12.1 Å². The average molecular weight is 403 g/mol. The van der Waals surface area contributed by atoms with E-state index in [4.69, 9.17) is 16.3 Å². The van der Waals surface area contributed by atoms with E-state index in [-0.39, 0.29) is 12.5 Å². The SMILES string of the molecule is C=CCNC(=O)c1csc(-c2cccc(OCc3c(F)cccc3Cl)c2)n1. The molecule has 0 radical (unpaired) electrons. The number of halogens is 2. The zero-order valence-corrected chi connectivity index (χ0v) is 15.8. The average Bonchev–Trinajstić information content (AvgIpc) is 3.16. The number of thiazole rings is 1. The number of carbonyl (C=O) groups excluding carboxylic acids is 1. The number of carbonyl (C=O) groups is 1. The molecule has 138 valence electrons. The first-order chi connectivity index (χ1) is 13.1. The number of ether oxygens (including phenoxy) is 1. The van der Waals surface area contributed by atoms with Crippen LogP contribution in [0.3, 0.4) is 0 Å². The van der Waals surface area contributed by atoms with Crippen LogP contribution < -0.4 is 10.1 Å². The number of rotatable bonds is 7. The molecule has 0 aliphatic heterocycles. The Labute approximate surface area is 165 Å². The van der Waals surface area contributed by atoms with Crippen LogP contribution >= 0.6 is 22.9 Å². The molecular weight excluding hydrogens is 387 g/mol. The fraction of sp³-hybridized carbons (Fsp3) is 0.100. The summed E-state index contributed by atoms with van der Waals surface area (Å²) in [6.07, 6.45) is 1.60. The quantitative estimate of drug-likeness (QED) is 0.559. The van der Waals surface area contributed by atoms with Crippen molar-refractivity contribution in [1.29, 1.82) is 0 Å². The van der Waals surface area contributed by atoms with Gasteiger partial charge in [0.05, 0.1) is 5.02 Å². The van der Waals surface area contributed by atoms with Crippen LogP contribution in [0, 0.1) is 5.82 Å². The summed E-state index contributed by atoms with van der Waals surface area (Å²) >= 11 is 7.38. The lowest BCUT2D eigenvalue weighted by Crippen LogP contribution is -2.23. The van der Waals surface area contributed by atoms with Crippen LogP contribution in [0.4, 0.5) is 4.39 Å². The van der Waals surface area contributed by atoms with Crippen LogP contribution in [0.15, 0.2) is 60.5 Å². The topological polar surface area (TPSA) is 51.2 Å². The fourth-order valence-corrected chi connectivity index (χ4v) is 3.33. The lowest BCUT2D eigenvalue weighted by Gasteiger charge is -2.09. The van der Waals surface area contributed by atoms with Crippen LogP contribution in [0.2, 0.25) is 5.02 Å². The molecule has 0 saturated heterocycles. The molecule has 1 heterocycles. The van der Waals surface area contributed by atoms with Gasteiger partial charge in [-0.1, -0.05) is 35.9 Å². The second-order valence-corrected chi connectivity index (χ2v) is 6.82. The minimum absolute atomic E-state index is 0.0159. The molecule has 0 aliphatic rings. The van der Waals surface area contributed by atoms with Crippen molar-refractivity contribution in [2.75, 3.05) is 6.54 Å². The summed E-state index contributed by atoms with van der Waals surface area (Å²) in [6.45, 7) is 3.96. The van der Waals surface area contributed by atoms with Gasteiger partial charge in [0.15, 0.2) is 0 Å². The first kappa shape index (κ1) is 19.1. The fourth-order valence-electron chi connectivity index (χ4n) is 2.31. The molecule has 3 rings (SSSR count). The lowest BCUT2D eigenvalue weighted by molar-refractivity contribution is 0.0954. The van der Waals surface area contributed by atoms with Gasteiger partial charge in [-0.2, -0.15) is 0 Å². The molecule has 0 bridgehead atoms. The van der Waals surface area contributed by atoms with Crippen molar-refractivity contribution in [3.8, 4) is 16.3 Å². The summed E-state index contributed by atoms with van der Waals surface area (Å²) in [5.74, 6) is -0.104. The summed E-state index contributed by atoms with van der Waals surface area (Å²) in [4.78, 5) is 16.3. The third kappa shape index (κ3) is 4.72. The summed E-state index contributed by atoms with van der Waals surface area (Å²) in [5.41, 5.74) is 1.46. The molecule has 1 amide bonds. The number of amides is 1. The maximum absolute atomic E-state index is 13.8. The summed E-state index contributed by atoms with van der Waals surface area (Å²) < 4.78 is 19.5. The van der Waals surface area contributed by atoms with Crippen molar-refractivity contribution in [3.05, 3.63) is 82.6 Å². The van der Waals surface area contributed by atoms with Gasteiger partial charge in [0, 0.05) is 23.1 Å². The zero-order chi connectivity index (χ0) is 19.2. The Balaban J connectivity index is 1.73. The highest BCUT2D eigenvalue weighted by molar-refractivity contribution is 7.13. The van der Waals surface area contributed by atoms with E-state index in [2.05, 4.69) is 16.9 Å². The van der Waals surface area contributed by atoms with Gasteiger partial charge < -0.3 is 10.1 Å². The van der Waals surface area contributed by atoms with Gasteiger partial charge >= 0.3 is 0 Å². The molecule has 27 heavy (non-hydrogen) atoms. The molecule has 0 saturated carbocycles. The summed E-state index contributed by atoms with van der Waals surface area (Å²) in [7, 11) is 0. The second kappa shape index (κ2) is 8.79. The maximum atomic E-state index is 13.8. The predicted molar refractivity (Wildman–Crippen MR) is 106 cm³/mol. The second-order valence-electron chi connectivity index (χ2n) is 5.55. The highest BCUT2D eigenvalue weighted by atomic mass is 35.5. The van der Waals surface area contributed by atoms with Crippen molar-refractivity contribution >= 4 is 28.8 Å². The predicted octanol–water partition coefficient (Wildman–Crippen LogP) is 5.10. The number of hydrogen-bond acceptors (Lipinski definition) is 4. The van der Waals surface area contributed by atoms with Crippen LogP contribution in [0.25, 0.3) is 10.6 Å². The third-order valence-electron chi connectivity index (χ3n) is 3.67. The highest BCUT2D eigenvalue weighted by Crippen LogP contribution is 2.28. The van der Waals surface area contributed by atoms with Gasteiger partial charge in [-0.3, -0.25) is 4.79 Å². The van der Waals surface area contributed by atoms with Gasteiger partial charge in [-0.15, -0.1) is 17.9 Å². The minimum atomic E-state index is -0.409. The van der Waals surface area contributed by atoms with Gasteiger partial charge in [0.2, 0.25) is 0 Å². The Kier molecular flexibility index (Phi) is 6.21. The first-order valence-electron chi connectivity index (χ1n) is 8.09. The number of nitrogens with zero attached hydrogens (tertiary/aromatic N) is 1. The van der Waals surface area contributed by atoms with E-state index >= 15 is 0 Å². The largest absolute Gasteiger partial charge is 0.489 e. The van der Waals surface area contributed by atoms with Crippen molar-refractivity contribution in [2.45, 2.75) is 6.61 Å². The van der Waals surface area contributed by atoms with Gasteiger partial charge in [0.1, 0.15) is 28.9 Å². The van der Waals surface area contributed by atoms with Crippen molar-refractivity contribution < 1.29 is 13.9 Å². The first-order valence-corrected chi connectivity index (χ1v) is 9.35. The number of hydrogen-bond donors (Lipinski definition) is 1. The third-order valence-corrected chi connectivity index (χ3v) is 4.92. The van der Waals surface area contributed by atoms with E-state index < -0.39 is 5.82 Å². The normalized spacial score (nSPS) is 10.4. The number of aromatic nitrogens is 1. The Morgan fingerprint density at radius 2 is 2.15 bits per heavy atom. The van der Waals surface area contributed by atoms with Crippen LogP contribution in [0.1, 0.15) is 16.1 Å². The molecule has 4 nitrogen and oxygen atoms in total. The maximum Gasteiger partial charge on any atom is 0.271 e. The molecule has 1 N–H and O–H groups in total. The molecule has 0 atom stereocenters. The van der Waals surface area contributed by atoms with Gasteiger partial charge in [0.25, 0.3) is 5.91 Å². The Morgan fingerprint density at radius 1 is 1.33 bits per heavy atom. The van der Waals surface area contributed by atoms with Gasteiger partial charge in [-0.25, -0.2) is 9.37 Å². The molecular formula is C20H16ClFN2O2S. The smallest absolute Gasteiger partial charge is 0.271 e. The summed E-state index contributed by atoms with van der Waals surface area (Å²) in [5, 5.41) is 5.39. The zero-order valence-electron chi connectivity index (χ0n) is 14.2. The van der Waals surface area contributed by atoms with Crippen molar-refractivity contribution in [3.63, 3.8) is 0 Å². The standard InChI is InChI=1S/C20H16ClFN2O2S/c1-2-9-23-19(25)18-12-27-20(24-18)13-5-3-6-14(10-13)26-11-15-16(21)7-4-8-17(15)22/h2-8,10,12H,1,9,11H2,(H,23,25). The van der Waals surface area contributed by atoms with E-state index in [0.717, 1.165) is 5.56 Å². The molecule has 0 aliphatic carbocycles. The lowest BCUT2D eigenvalue weighted by atomic mass is 10.2. The number of benzene rings is 2. The Bertz CT molecular complexity index is 954. The van der Waals surface area contributed by atoms with E-state index in [1.165, 1.54) is 17.4 Å². The molecule has 0 spiro atoms. The Hall–Kier alpha value is -2.70. The van der Waals surface area contributed by atoms with Crippen LogP contribution in [-0.2, 0) is 6.61 Å². The Morgan fingerprint density at radius 3 is 2.93 bits per heavy atom. The number of nitrogens with one attached hydrogen (secondary N) is 1. The summed E-state index contributed by atoms with van der Waals surface area (Å²) in [6, 6.07) is 11.7. The molecule has 0 fully saturated rings. The molecule has 7 heteroatoms. The van der Waals surface area contributed by atoms with E-state index in [0.29, 0.717) is 33.6 Å². The molecule has 2 aromatic carbocycles. The van der Waals surface area contributed by atoms with Gasteiger partial charge in [-0.05, 0) is 24.3 Å². The minimum Gasteiger partial charge on any atom is -0.489 e. The highest BCUT2D eigenvalue weighted by Gasteiger charge is 2.12. The molecule has 1 aromatic heterocycles. The van der Waals surface area contributed by atoms with E-state index in [9.17, 15) is 9.18 Å². The van der Waals surface area contributed by atoms with Crippen LogP contribution in [-0.4, -0.2) is 17.4 Å². The van der Waals surface area contributed by atoms with E-state index in [1.54, 1.807) is 35.7 Å². The van der Waals surface area contributed by atoms with Crippen molar-refractivity contribution in [1.82, 2.24) is 10.3 Å².